The lowest BCUT2D eigenvalue weighted by atomic mass is 9.94. The molecule has 1 atom stereocenters. The summed E-state index contributed by atoms with van der Waals surface area (Å²) in [6.07, 6.45) is 2.31. The predicted molar refractivity (Wildman–Crippen MR) is 116 cm³/mol. The number of fused-ring (bicyclic) bond motifs is 2. The normalized spacial score (nSPS) is 17.4. The quantitative estimate of drug-likeness (QED) is 0.676. The van der Waals surface area contributed by atoms with Gasteiger partial charge in [0.2, 0.25) is 5.95 Å². The van der Waals surface area contributed by atoms with Gasteiger partial charge in [0.05, 0.1) is 18.8 Å². The first-order chi connectivity index (χ1) is 15.1. The molecule has 0 radical (unpaired) electrons. The fraction of sp³-hybridized carbons (Fsp3) is 0.261. The van der Waals surface area contributed by atoms with Crippen LogP contribution in [0.1, 0.15) is 30.5 Å². The summed E-state index contributed by atoms with van der Waals surface area (Å²) < 4.78 is 13.4. The van der Waals surface area contributed by atoms with Crippen molar-refractivity contribution in [3.05, 3.63) is 71.2 Å². The maximum atomic E-state index is 13.5. The number of amides is 1. The highest BCUT2D eigenvalue weighted by atomic mass is 16.5. The average molecular weight is 417 g/mol. The number of benzene rings is 2. The maximum absolute atomic E-state index is 13.5. The van der Waals surface area contributed by atoms with Crippen LogP contribution in [0, 0.1) is 6.92 Å². The fourth-order valence-electron chi connectivity index (χ4n) is 3.95. The number of rotatable bonds is 3. The zero-order valence-corrected chi connectivity index (χ0v) is 17.4. The molecule has 0 bridgehead atoms. The summed E-state index contributed by atoms with van der Waals surface area (Å²) in [5.74, 6) is 1.77. The van der Waals surface area contributed by atoms with E-state index in [-0.39, 0.29) is 5.91 Å². The number of nitrogens with zero attached hydrogens (tertiary/aromatic N) is 3. The minimum absolute atomic E-state index is 0.197. The van der Waals surface area contributed by atoms with Gasteiger partial charge in [0.1, 0.15) is 12.4 Å². The second-order valence-electron chi connectivity index (χ2n) is 7.62. The number of aromatic nitrogens is 3. The molecule has 0 spiro atoms. The summed E-state index contributed by atoms with van der Waals surface area (Å²) in [6, 6.07) is 13.0. The highest BCUT2D eigenvalue weighted by Gasteiger charge is 2.34. The van der Waals surface area contributed by atoms with Crippen molar-refractivity contribution in [1.82, 2.24) is 14.8 Å². The Morgan fingerprint density at radius 2 is 1.94 bits per heavy atom. The number of hydrogen-bond acceptors (Lipinski definition) is 6. The van der Waals surface area contributed by atoms with Gasteiger partial charge in [-0.25, -0.2) is 4.68 Å². The smallest absolute Gasteiger partial charge is 0.255 e. The summed E-state index contributed by atoms with van der Waals surface area (Å²) in [5.41, 5.74) is 3.92. The van der Waals surface area contributed by atoms with Gasteiger partial charge in [-0.1, -0.05) is 24.3 Å². The van der Waals surface area contributed by atoms with Crippen molar-refractivity contribution in [1.29, 1.82) is 0 Å². The Morgan fingerprint density at radius 3 is 2.77 bits per heavy atom. The average Bonchev–Trinajstić information content (AvgIpc) is 3.09. The van der Waals surface area contributed by atoms with E-state index in [1.54, 1.807) is 4.68 Å². The highest BCUT2D eigenvalue weighted by Crippen LogP contribution is 2.39. The van der Waals surface area contributed by atoms with Gasteiger partial charge in [0, 0.05) is 17.8 Å². The molecule has 1 aromatic heterocycles. The Balaban J connectivity index is 1.57. The molecule has 1 amide bonds. The number of anilines is 2. The molecule has 0 aliphatic carbocycles. The first-order valence-corrected chi connectivity index (χ1v) is 10.3. The number of aryl methyl sites for hydroxylation is 1. The third kappa shape index (κ3) is 3.50. The van der Waals surface area contributed by atoms with Gasteiger partial charge < -0.3 is 20.1 Å². The summed E-state index contributed by atoms with van der Waals surface area (Å²) in [6.45, 7) is 5.05. The summed E-state index contributed by atoms with van der Waals surface area (Å²) in [4.78, 5) is 17.8. The van der Waals surface area contributed by atoms with Crippen molar-refractivity contribution in [3.63, 3.8) is 0 Å². The minimum atomic E-state index is -0.458. The number of carbonyl (C=O) groups is 1. The van der Waals surface area contributed by atoms with E-state index in [0.29, 0.717) is 36.2 Å². The van der Waals surface area contributed by atoms with Crippen LogP contribution in [-0.2, 0) is 4.79 Å². The molecule has 31 heavy (non-hydrogen) atoms. The first-order valence-electron chi connectivity index (χ1n) is 10.3. The molecule has 0 saturated carbocycles. The van der Waals surface area contributed by atoms with E-state index in [9.17, 15) is 4.79 Å². The Kier molecular flexibility index (Phi) is 4.82. The van der Waals surface area contributed by atoms with Crippen LogP contribution in [0.4, 0.5) is 11.6 Å². The number of hydrogen-bond donors (Lipinski definition) is 2. The lowest BCUT2D eigenvalue weighted by Crippen LogP contribution is -2.31. The van der Waals surface area contributed by atoms with Crippen molar-refractivity contribution < 1.29 is 14.3 Å². The molecular formula is C23H23N5O3. The summed E-state index contributed by atoms with van der Waals surface area (Å²) >= 11 is 0. The van der Waals surface area contributed by atoms with E-state index in [1.165, 1.54) is 6.33 Å². The standard InChI is InChI=1S/C23H23N5O3/c1-14-6-3-4-7-17(14)27-22(29)20-15(2)26-23-24-13-25-28(23)21(20)16-8-9-18-19(12-16)31-11-5-10-30-18/h3-4,6-9,12-13,21H,5,10-11H2,1-2H3,(H,27,29)(H,24,25,26). The Bertz CT molecular complexity index is 1180. The maximum Gasteiger partial charge on any atom is 0.255 e. The molecule has 0 fully saturated rings. The van der Waals surface area contributed by atoms with Gasteiger partial charge >= 0.3 is 0 Å². The number of ether oxygens (including phenoxy) is 2. The predicted octanol–water partition coefficient (Wildman–Crippen LogP) is 3.68. The molecule has 8 nitrogen and oxygen atoms in total. The molecule has 158 valence electrons. The molecule has 5 rings (SSSR count). The van der Waals surface area contributed by atoms with Crippen molar-refractivity contribution in [2.24, 2.45) is 0 Å². The van der Waals surface area contributed by atoms with Gasteiger partial charge in [-0.15, -0.1) is 0 Å². The van der Waals surface area contributed by atoms with Crippen LogP contribution in [0.3, 0.4) is 0 Å². The van der Waals surface area contributed by atoms with Crippen LogP contribution in [0.25, 0.3) is 0 Å². The van der Waals surface area contributed by atoms with Gasteiger partial charge in [-0.3, -0.25) is 4.79 Å². The van der Waals surface area contributed by atoms with Crippen molar-refractivity contribution >= 4 is 17.5 Å². The molecule has 2 aliphatic heterocycles. The second kappa shape index (κ2) is 7.79. The second-order valence-corrected chi connectivity index (χ2v) is 7.62. The van der Waals surface area contributed by atoms with E-state index in [0.717, 1.165) is 28.9 Å². The van der Waals surface area contributed by atoms with Crippen LogP contribution in [0.5, 0.6) is 11.5 Å². The molecule has 3 heterocycles. The van der Waals surface area contributed by atoms with Gasteiger partial charge in [0.15, 0.2) is 11.5 Å². The van der Waals surface area contributed by atoms with E-state index >= 15 is 0 Å². The zero-order valence-electron chi connectivity index (χ0n) is 17.4. The topological polar surface area (TPSA) is 90.3 Å². The van der Waals surface area contributed by atoms with E-state index < -0.39 is 6.04 Å². The van der Waals surface area contributed by atoms with Crippen LogP contribution in [0.15, 0.2) is 60.1 Å². The minimum Gasteiger partial charge on any atom is -0.490 e. The molecule has 2 N–H and O–H groups in total. The molecule has 8 heteroatoms. The molecule has 2 aliphatic rings. The summed E-state index contributed by atoms with van der Waals surface area (Å²) in [7, 11) is 0. The first kappa shape index (κ1) is 19.2. The van der Waals surface area contributed by atoms with E-state index in [2.05, 4.69) is 20.7 Å². The van der Waals surface area contributed by atoms with Crippen LogP contribution < -0.4 is 20.1 Å². The van der Waals surface area contributed by atoms with E-state index in [4.69, 9.17) is 9.47 Å². The Morgan fingerprint density at radius 1 is 1.13 bits per heavy atom. The van der Waals surface area contributed by atoms with Crippen molar-refractivity contribution in [3.8, 4) is 11.5 Å². The molecule has 0 saturated heterocycles. The SMILES string of the molecule is CC1=C(C(=O)Nc2ccccc2C)C(c2ccc3c(c2)OCCCO3)n2ncnc2N1. The zero-order chi connectivity index (χ0) is 21.4. The number of nitrogens with one attached hydrogen (secondary N) is 2. The largest absolute Gasteiger partial charge is 0.490 e. The molecule has 3 aromatic rings. The van der Waals surface area contributed by atoms with Gasteiger partial charge in [0.25, 0.3) is 5.91 Å². The van der Waals surface area contributed by atoms with Crippen LogP contribution >= 0.6 is 0 Å². The lowest BCUT2D eigenvalue weighted by molar-refractivity contribution is -0.113. The van der Waals surface area contributed by atoms with Crippen molar-refractivity contribution in [2.45, 2.75) is 26.3 Å². The van der Waals surface area contributed by atoms with Crippen molar-refractivity contribution in [2.75, 3.05) is 23.8 Å². The van der Waals surface area contributed by atoms with Gasteiger partial charge in [-0.2, -0.15) is 10.1 Å². The fourth-order valence-corrected chi connectivity index (χ4v) is 3.95. The Hall–Kier alpha value is -3.81. The third-order valence-corrected chi connectivity index (χ3v) is 5.52. The lowest BCUT2D eigenvalue weighted by Gasteiger charge is -2.29. The van der Waals surface area contributed by atoms with Gasteiger partial charge in [-0.05, 0) is 43.2 Å². The number of allylic oxidation sites excluding steroid dienone is 1. The molecular weight excluding hydrogens is 394 g/mol. The van der Waals surface area contributed by atoms with Crippen LogP contribution in [0.2, 0.25) is 0 Å². The highest BCUT2D eigenvalue weighted by molar-refractivity contribution is 6.06. The number of carbonyl (C=O) groups excluding carboxylic acids is 1. The summed E-state index contributed by atoms with van der Waals surface area (Å²) in [5, 5.41) is 10.6. The molecule has 1 unspecified atom stereocenters. The Labute approximate surface area is 179 Å². The monoisotopic (exact) mass is 417 g/mol. The van der Waals surface area contributed by atoms with Crippen LogP contribution in [-0.4, -0.2) is 33.9 Å². The number of para-hydroxylation sites is 1. The third-order valence-electron chi connectivity index (χ3n) is 5.52. The molecule has 2 aromatic carbocycles. The van der Waals surface area contributed by atoms with E-state index in [1.807, 2.05) is 56.3 Å².